The minimum Gasteiger partial charge on any atom is -0.484 e. The number of hydrogen-bond acceptors (Lipinski definition) is 3. The van der Waals surface area contributed by atoms with Gasteiger partial charge in [0.05, 0.1) is 0 Å². The third-order valence-corrected chi connectivity index (χ3v) is 4.76. The van der Waals surface area contributed by atoms with Gasteiger partial charge in [-0.25, -0.2) is 4.39 Å². The van der Waals surface area contributed by atoms with E-state index in [-0.39, 0.29) is 30.8 Å². The number of carbonyl (C=O) groups is 2. The highest BCUT2D eigenvalue weighted by atomic mass is 35.5. The standard InChI is InChI=1S/C23H28ClFN2O3/c1-4-21(23(29)26-13-16(2)3)27(14-17-5-9-19(25)10-6-17)22(28)15-30-20-11-7-18(24)8-12-20/h5-12,16,21H,4,13-15H2,1-3H3,(H,26,29)/t21-/m0/s1. The summed E-state index contributed by atoms with van der Waals surface area (Å²) >= 11 is 5.87. The third-order valence-electron chi connectivity index (χ3n) is 4.51. The van der Waals surface area contributed by atoms with Crippen molar-refractivity contribution in [1.82, 2.24) is 10.2 Å². The van der Waals surface area contributed by atoms with Crippen LogP contribution in [-0.4, -0.2) is 35.9 Å². The number of ether oxygens (including phenoxy) is 1. The van der Waals surface area contributed by atoms with E-state index in [0.29, 0.717) is 29.7 Å². The lowest BCUT2D eigenvalue weighted by atomic mass is 10.1. The molecule has 7 heteroatoms. The van der Waals surface area contributed by atoms with E-state index in [1.807, 2.05) is 20.8 Å². The fourth-order valence-corrected chi connectivity index (χ4v) is 3.01. The van der Waals surface area contributed by atoms with Gasteiger partial charge in [-0.05, 0) is 54.3 Å². The molecule has 0 heterocycles. The van der Waals surface area contributed by atoms with Gasteiger partial charge in [-0.3, -0.25) is 9.59 Å². The monoisotopic (exact) mass is 434 g/mol. The number of hydrogen-bond donors (Lipinski definition) is 1. The summed E-state index contributed by atoms with van der Waals surface area (Å²) in [6.45, 7) is 6.33. The predicted octanol–water partition coefficient (Wildman–Crippen LogP) is 4.44. The summed E-state index contributed by atoms with van der Waals surface area (Å²) in [4.78, 5) is 27.3. The van der Waals surface area contributed by atoms with Crippen LogP contribution in [0.25, 0.3) is 0 Å². The Hall–Kier alpha value is -2.60. The molecule has 0 saturated heterocycles. The van der Waals surface area contributed by atoms with E-state index in [4.69, 9.17) is 16.3 Å². The lowest BCUT2D eigenvalue weighted by Gasteiger charge is -2.30. The molecule has 1 N–H and O–H groups in total. The third kappa shape index (κ3) is 7.34. The molecule has 2 aromatic rings. The summed E-state index contributed by atoms with van der Waals surface area (Å²) in [6, 6.07) is 11.9. The van der Waals surface area contributed by atoms with Crippen LogP contribution in [0.5, 0.6) is 5.75 Å². The summed E-state index contributed by atoms with van der Waals surface area (Å²) in [5, 5.41) is 3.46. The van der Waals surface area contributed by atoms with Gasteiger partial charge in [0.15, 0.2) is 6.61 Å². The number of nitrogens with zero attached hydrogens (tertiary/aromatic N) is 1. The Bertz CT molecular complexity index is 825. The van der Waals surface area contributed by atoms with Gasteiger partial charge >= 0.3 is 0 Å². The van der Waals surface area contributed by atoms with Gasteiger partial charge in [-0.2, -0.15) is 0 Å². The van der Waals surface area contributed by atoms with E-state index in [9.17, 15) is 14.0 Å². The number of nitrogens with one attached hydrogen (secondary N) is 1. The van der Waals surface area contributed by atoms with E-state index in [1.54, 1.807) is 36.4 Å². The van der Waals surface area contributed by atoms with Gasteiger partial charge in [-0.1, -0.05) is 44.5 Å². The normalized spacial score (nSPS) is 11.8. The first kappa shape index (κ1) is 23.7. The van der Waals surface area contributed by atoms with Crippen LogP contribution in [0.1, 0.15) is 32.8 Å². The molecule has 2 rings (SSSR count). The molecule has 0 unspecified atom stereocenters. The maximum absolute atomic E-state index is 13.3. The molecule has 0 saturated carbocycles. The van der Waals surface area contributed by atoms with Gasteiger partial charge in [0.25, 0.3) is 5.91 Å². The van der Waals surface area contributed by atoms with Crippen molar-refractivity contribution in [3.05, 3.63) is 64.9 Å². The second-order valence-electron chi connectivity index (χ2n) is 7.45. The van der Waals surface area contributed by atoms with Gasteiger partial charge in [0, 0.05) is 18.1 Å². The number of halogens is 2. The van der Waals surface area contributed by atoms with Crippen LogP contribution in [0.2, 0.25) is 5.02 Å². The summed E-state index contributed by atoms with van der Waals surface area (Å²) in [6.07, 6.45) is 0.442. The van der Waals surface area contributed by atoms with Crippen molar-refractivity contribution >= 4 is 23.4 Å². The lowest BCUT2D eigenvalue weighted by Crippen LogP contribution is -2.50. The SMILES string of the molecule is CC[C@@H](C(=O)NCC(C)C)N(Cc1ccc(F)cc1)C(=O)COc1ccc(Cl)cc1. The summed E-state index contributed by atoms with van der Waals surface area (Å²) < 4.78 is 18.9. The molecule has 162 valence electrons. The number of rotatable bonds is 10. The van der Waals surface area contributed by atoms with Crippen LogP contribution >= 0.6 is 11.6 Å². The molecule has 0 radical (unpaired) electrons. The van der Waals surface area contributed by atoms with E-state index >= 15 is 0 Å². The molecule has 0 aliphatic rings. The van der Waals surface area contributed by atoms with E-state index in [2.05, 4.69) is 5.32 Å². The highest BCUT2D eigenvalue weighted by Gasteiger charge is 2.29. The van der Waals surface area contributed by atoms with Crippen molar-refractivity contribution < 1.29 is 18.7 Å². The average Bonchev–Trinajstić information content (AvgIpc) is 2.72. The summed E-state index contributed by atoms with van der Waals surface area (Å²) in [7, 11) is 0. The van der Waals surface area contributed by atoms with Crippen LogP contribution < -0.4 is 10.1 Å². The van der Waals surface area contributed by atoms with E-state index in [0.717, 1.165) is 5.56 Å². The smallest absolute Gasteiger partial charge is 0.261 e. The van der Waals surface area contributed by atoms with Crippen LogP contribution in [0.3, 0.4) is 0 Å². The van der Waals surface area contributed by atoms with Crippen molar-refractivity contribution in [2.24, 2.45) is 5.92 Å². The minimum absolute atomic E-state index is 0.177. The van der Waals surface area contributed by atoms with Gasteiger partial charge in [0.1, 0.15) is 17.6 Å². The van der Waals surface area contributed by atoms with Crippen molar-refractivity contribution in [3.63, 3.8) is 0 Å². The number of amides is 2. The first-order valence-corrected chi connectivity index (χ1v) is 10.4. The maximum Gasteiger partial charge on any atom is 0.261 e. The predicted molar refractivity (Wildman–Crippen MR) is 116 cm³/mol. The molecule has 2 aromatic carbocycles. The minimum atomic E-state index is -0.657. The Balaban J connectivity index is 2.17. The molecule has 0 spiro atoms. The molecule has 30 heavy (non-hydrogen) atoms. The Labute approximate surface area is 182 Å². The van der Waals surface area contributed by atoms with Crippen molar-refractivity contribution in [2.45, 2.75) is 39.8 Å². The summed E-state index contributed by atoms with van der Waals surface area (Å²) in [5.74, 6) is -0.105. The Morgan fingerprint density at radius 2 is 1.73 bits per heavy atom. The molecule has 0 aromatic heterocycles. The Morgan fingerprint density at radius 3 is 2.30 bits per heavy atom. The second kappa shape index (κ2) is 11.6. The van der Waals surface area contributed by atoms with Crippen LogP contribution in [-0.2, 0) is 16.1 Å². The van der Waals surface area contributed by atoms with Gasteiger partial charge in [0.2, 0.25) is 5.91 Å². The molecule has 0 bridgehead atoms. The molecule has 0 fully saturated rings. The highest BCUT2D eigenvalue weighted by molar-refractivity contribution is 6.30. The molecule has 1 atom stereocenters. The summed E-state index contributed by atoms with van der Waals surface area (Å²) in [5.41, 5.74) is 0.728. The van der Waals surface area contributed by atoms with Crippen molar-refractivity contribution in [2.75, 3.05) is 13.2 Å². The quantitative estimate of drug-likeness (QED) is 0.601. The van der Waals surface area contributed by atoms with E-state index < -0.39 is 6.04 Å². The highest BCUT2D eigenvalue weighted by Crippen LogP contribution is 2.17. The van der Waals surface area contributed by atoms with Crippen LogP contribution in [0.15, 0.2) is 48.5 Å². The van der Waals surface area contributed by atoms with Crippen LogP contribution in [0, 0.1) is 11.7 Å². The maximum atomic E-state index is 13.3. The largest absolute Gasteiger partial charge is 0.484 e. The molecule has 0 aliphatic heterocycles. The second-order valence-corrected chi connectivity index (χ2v) is 7.89. The van der Waals surface area contributed by atoms with Gasteiger partial charge in [-0.15, -0.1) is 0 Å². The molecule has 0 aliphatic carbocycles. The first-order valence-electron chi connectivity index (χ1n) is 10.00. The molecular weight excluding hydrogens is 407 g/mol. The Morgan fingerprint density at radius 1 is 1.10 bits per heavy atom. The fourth-order valence-electron chi connectivity index (χ4n) is 2.89. The fraction of sp³-hybridized carbons (Fsp3) is 0.391. The first-order chi connectivity index (χ1) is 14.3. The zero-order valence-electron chi connectivity index (χ0n) is 17.5. The Kier molecular flexibility index (Phi) is 9.12. The van der Waals surface area contributed by atoms with E-state index in [1.165, 1.54) is 17.0 Å². The molecular formula is C23H28ClFN2O3. The molecule has 2 amide bonds. The topological polar surface area (TPSA) is 58.6 Å². The van der Waals surface area contributed by atoms with Crippen LogP contribution in [0.4, 0.5) is 4.39 Å². The van der Waals surface area contributed by atoms with Crippen molar-refractivity contribution in [1.29, 1.82) is 0 Å². The zero-order chi connectivity index (χ0) is 22.1. The van der Waals surface area contributed by atoms with Gasteiger partial charge < -0.3 is 15.0 Å². The lowest BCUT2D eigenvalue weighted by molar-refractivity contribution is -0.143. The zero-order valence-corrected chi connectivity index (χ0v) is 18.3. The average molecular weight is 435 g/mol. The number of carbonyl (C=O) groups excluding carboxylic acids is 2. The molecule has 5 nitrogen and oxygen atoms in total. The van der Waals surface area contributed by atoms with Crippen molar-refractivity contribution in [3.8, 4) is 5.75 Å². The number of benzene rings is 2.